The minimum absolute atomic E-state index is 0.00695. The van der Waals surface area contributed by atoms with Crippen LogP contribution in [0.3, 0.4) is 0 Å². The minimum atomic E-state index is -5.07. The molecule has 3 saturated heterocycles. The monoisotopic (exact) mass is 731 g/mol. The van der Waals surface area contributed by atoms with Gasteiger partial charge in [0.05, 0.1) is 29.0 Å². The molecule has 8 rings (SSSR count). The van der Waals surface area contributed by atoms with Crippen LogP contribution in [0.15, 0.2) is 18.2 Å². The number of rotatable bonds is 6. The highest BCUT2D eigenvalue weighted by atomic mass is 32.1. The highest BCUT2D eigenvalue weighted by molar-refractivity contribution is 7.23. The van der Waals surface area contributed by atoms with Crippen LogP contribution in [-0.4, -0.2) is 83.3 Å². The second-order valence-electron chi connectivity index (χ2n) is 13.3. The van der Waals surface area contributed by atoms with Gasteiger partial charge in [-0.15, -0.1) is 11.3 Å². The number of hydrogen-bond donors (Lipinski definition) is 1. The molecule has 3 unspecified atom stereocenters. The number of thiophene rings is 1. The van der Waals surface area contributed by atoms with Crippen molar-refractivity contribution in [1.29, 1.82) is 5.26 Å². The van der Waals surface area contributed by atoms with Gasteiger partial charge in [-0.25, -0.2) is 13.2 Å². The number of amides is 1. The number of nitriles is 1. The Hall–Kier alpha value is -4.36. The van der Waals surface area contributed by atoms with Gasteiger partial charge in [0.25, 0.3) is 0 Å². The van der Waals surface area contributed by atoms with Gasteiger partial charge in [-0.3, -0.25) is 9.69 Å². The number of anilines is 2. The van der Waals surface area contributed by atoms with Crippen LogP contribution in [0, 0.1) is 23.0 Å². The number of carbonyl (C=O) groups is 1. The van der Waals surface area contributed by atoms with E-state index in [0.717, 1.165) is 44.0 Å². The maximum Gasteiger partial charge on any atom is 0.417 e. The zero-order valence-corrected chi connectivity index (χ0v) is 28.7. The van der Waals surface area contributed by atoms with Crippen LogP contribution in [0.4, 0.5) is 37.2 Å². The topological polar surface area (TPSA) is 112 Å². The first kappa shape index (κ1) is 35.1. The summed E-state index contributed by atoms with van der Waals surface area (Å²) >= 11 is 0.691. The first-order valence-corrected chi connectivity index (χ1v) is 17.7. The van der Waals surface area contributed by atoms with E-state index in [0.29, 0.717) is 30.5 Å². The summed E-state index contributed by atoms with van der Waals surface area (Å²) < 4.78 is 93.0. The van der Waals surface area contributed by atoms with E-state index in [-0.39, 0.29) is 68.3 Å². The number of likely N-dealkylation sites (tertiary alicyclic amines) is 1. The molecule has 51 heavy (non-hydrogen) atoms. The van der Waals surface area contributed by atoms with Gasteiger partial charge in [-0.2, -0.15) is 28.4 Å². The number of nitrogens with two attached hydrogens (primary N) is 1. The first-order valence-electron chi connectivity index (χ1n) is 16.8. The number of alkyl halides is 4. The van der Waals surface area contributed by atoms with E-state index in [2.05, 4.69) is 14.9 Å². The van der Waals surface area contributed by atoms with Gasteiger partial charge >= 0.3 is 12.2 Å². The molecular weight excluding hydrogens is 696 g/mol. The fraction of sp³-hybridized carbons (Fsp3) is 0.486. The number of ether oxygens (including phenoxy) is 1. The molecule has 9 nitrogen and oxygen atoms in total. The Balaban J connectivity index is 0.000000389. The van der Waals surface area contributed by atoms with Crippen molar-refractivity contribution in [2.24, 2.45) is 0 Å². The maximum atomic E-state index is 16.6. The molecule has 4 aliphatic rings. The fourth-order valence-corrected chi connectivity index (χ4v) is 8.71. The number of halogens is 6. The van der Waals surface area contributed by atoms with Crippen molar-refractivity contribution < 1.29 is 35.9 Å². The van der Waals surface area contributed by atoms with Crippen molar-refractivity contribution in [2.75, 3.05) is 43.9 Å². The van der Waals surface area contributed by atoms with Gasteiger partial charge in [0.1, 0.15) is 34.4 Å². The molecule has 1 amide bonds. The van der Waals surface area contributed by atoms with Crippen LogP contribution >= 0.6 is 11.3 Å². The normalized spacial score (nSPS) is 22.0. The van der Waals surface area contributed by atoms with E-state index >= 15 is 4.39 Å². The molecule has 2 N–H and O–H groups in total. The lowest BCUT2D eigenvalue weighted by molar-refractivity contribution is -0.137. The lowest BCUT2D eigenvalue weighted by Gasteiger charge is -2.30. The molecule has 1 saturated carbocycles. The molecule has 5 heterocycles. The third-order valence-electron chi connectivity index (χ3n) is 10.2. The predicted molar refractivity (Wildman–Crippen MR) is 181 cm³/mol. The smallest absolute Gasteiger partial charge is 0.417 e. The lowest BCUT2D eigenvalue weighted by atomic mass is 9.92. The highest BCUT2D eigenvalue weighted by Crippen LogP contribution is 2.48. The number of aromatic nitrogens is 2. The molecule has 2 aromatic heterocycles. The van der Waals surface area contributed by atoms with Crippen molar-refractivity contribution in [3.8, 4) is 23.2 Å². The summed E-state index contributed by atoms with van der Waals surface area (Å²) in [7, 11) is 1.24. The molecule has 0 radical (unpaired) electrons. The molecule has 3 atom stereocenters. The van der Waals surface area contributed by atoms with E-state index in [9.17, 15) is 32.0 Å². The molecule has 2 aromatic carbocycles. The van der Waals surface area contributed by atoms with E-state index < -0.39 is 46.7 Å². The number of methoxy groups -OCH3 is 1. The summed E-state index contributed by atoms with van der Waals surface area (Å²) in [6.45, 7) is 4.24. The molecule has 1 aliphatic carbocycles. The quantitative estimate of drug-likeness (QED) is 0.210. The van der Waals surface area contributed by atoms with Crippen LogP contribution in [0.5, 0.6) is 6.01 Å². The first-order chi connectivity index (χ1) is 24.3. The van der Waals surface area contributed by atoms with Crippen molar-refractivity contribution in [2.45, 2.75) is 75.9 Å². The summed E-state index contributed by atoms with van der Waals surface area (Å²) in [6, 6.07) is 4.54. The Morgan fingerprint density at radius 3 is 2.57 bits per heavy atom. The van der Waals surface area contributed by atoms with Gasteiger partial charge < -0.3 is 20.3 Å². The van der Waals surface area contributed by atoms with Crippen molar-refractivity contribution in [1.82, 2.24) is 19.8 Å². The van der Waals surface area contributed by atoms with Gasteiger partial charge in [-0.05, 0) is 63.3 Å². The van der Waals surface area contributed by atoms with Crippen molar-refractivity contribution in [3.05, 3.63) is 41.0 Å². The molecule has 4 fully saturated rings. The molecule has 0 spiro atoms. The molecule has 16 heteroatoms. The Bertz CT molecular complexity index is 2050. The summed E-state index contributed by atoms with van der Waals surface area (Å²) in [6.07, 6.45) is -0.322. The number of nitrogens with zero attached hydrogens (tertiary/aromatic N) is 6. The number of fused-ring (bicyclic) bond motifs is 3. The summed E-state index contributed by atoms with van der Waals surface area (Å²) in [4.78, 5) is 26.8. The number of carbonyl (C=O) groups excluding carboxylic acids is 1. The Labute approximate surface area is 293 Å². The van der Waals surface area contributed by atoms with E-state index in [1.54, 1.807) is 22.8 Å². The zero-order chi connectivity index (χ0) is 36.4. The molecule has 0 bridgehead atoms. The van der Waals surface area contributed by atoms with Crippen LogP contribution in [0.2, 0.25) is 0 Å². The summed E-state index contributed by atoms with van der Waals surface area (Å²) in [5, 5.41) is 9.12. The molecule has 4 aromatic rings. The summed E-state index contributed by atoms with van der Waals surface area (Å²) in [5.74, 6) is -2.22. The lowest BCUT2D eigenvalue weighted by Crippen LogP contribution is -2.39. The SMILES string of the molecule is CCN(c1nc(OC)nc2c(F)c(-c3ccc(F)c4sc(N)c(C#N)c34)c(C(F)(F)F)cc12)C1CC(=O)N(C2CC2)C1.FC1CC2CCCN2C1. The van der Waals surface area contributed by atoms with Crippen LogP contribution in [0.25, 0.3) is 32.1 Å². The van der Waals surface area contributed by atoms with Gasteiger partial charge in [0, 0.05) is 54.5 Å². The minimum Gasteiger partial charge on any atom is -0.467 e. The number of nitrogen functional groups attached to an aromatic ring is 1. The maximum absolute atomic E-state index is 16.6. The van der Waals surface area contributed by atoms with E-state index in [1.165, 1.54) is 20.0 Å². The predicted octanol–water partition coefficient (Wildman–Crippen LogP) is 7.05. The van der Waals surface area contributed by atoms with Crippen molar-refractivity contribution in [3.63, 3.8) is 0 Å². The second kappa shape index (κ2) is 13.3. The standard InChI is InChI=1S/C28H23F5N6O2S.C7H12FN/c1-3-38(13-8-19(40)39(11-13)12-4-5-12)26-15-9-17(28(31,32)33)21(22(30)23(15)36-27(37-26)41-2)14-6-7-18(29)24-20(14)16(10-34)25(35)42-24;8-6-4-7-2-1-3-9(7)5-6/h6-7,9,12-13H,3-5,8,11,35H2,1-2H3;6-7H,1-5H2. The Kier molecular flexibility index (Phi) is 9.16. The van der Waals surface area contributed by atoms with Crippen LogP contribution < -0.4 is 15.4 Å². The Morgan fingerprint density at radius 2 is 1.92 bits per heavy atom. The third-order valence-corrected chi connectivity index (χ3v) is 11.2. The van der Waals surface area contributed by atoms with Gasteiger partial charge in [-0.1, -0.05) is 6.07 Å². The average Bonchev–Trinajstić information content (AvgIpc) is 3.34. The Morgan fingerprint density at radius 1 is 1.16 bits per heavy atom. The molecule has 270 valence electrons. The zero-order valence-electron chi connectivity index (χ0n) is 27.9. The number of benzene rings is 2. The third kappa shape index (κ3) is 6.28. The fourth-order valence-electron chi connectivity index (χ4n) is 7.76. The van der Waals surface area contributed by atoms with E-state index in [1.807, 2.05) is 0 Å². The largest absolute Gasteiger partial charge is 0.467 e. The van der Waals surface area contributed by atoms with Gasteiger partial charge in [0.2, 0.25) is 5.91 Å². The molecular formula is C35H35F6N7O2S. The average molecular weight is 732 g/mol. The van der Waals surface area contributed by atoms with Gasteiger partial charge in [0.15, 0.2) is 5.82 Å². The van der Waals surface area contributed by atoms with Crippen LogP contribution in [0.1, 0.15) is 56.6 Å². The number of hydrogen-bond acceptors (Lipinski definition) is 9. The van der Waals surface area contributed by atoms with E-state index in [4.69, 9.17) is 10.5 Å². The summed E-state index contributed by atoms with van der Waals surface area (Å²) in [5.41, 5.74) is 2.56. The second-order valence-corrected chi connectivity index (χ2v) is 14.4. The molecule has 3 aliphatic heterocycles. The van der Waals surface area contributed by atoms with Crippen molar-refractivity contribution >= 4 is 49.1 Å². The number of likely N-dealkylation sites (N-methyl/N-ethyl adjacent to an activating group) is 1. The highest BCUT2D eigenvalue weighted by Gasteiger charge is 2.43. The van der Waals surface area contributed by atoms with Crippen LogP contribution in [-0.2, 0) is 11.0 Å².